The predicted molar refractivity (Wildman–Crippen MR) is 183 cm³/mol. The van der Waals surface area contributed by atoms with Gasteiger partial charge in [0.1, 0.15) is 11.3 Å². The second kappa shape index (κ2) is 15.4. The number of carbonyl (C=O) groups is 1. The number of allylic oxidation sites excluding steroid dienone is 2. The van der Waals surface area contributed by atoms with Crippen LogP contribution in [0.1, 0.15) is 37.3 Å². The van der Waals surface area contributed by atoms with E-state index >= 15 is 0 Å². The van der Waals surface area contributed by atoms with Crippen LogP contribution >= 0.6 is 23.2 Å². The summed E-state index contributed by atoms with van der Waals surface area (Å²) in [5, 5.41) is 4.04. The molecule has 0 saturated heterocycles. The lowest BCUT2D eigenvalue weighted by Crippen LogP contribution is -2.48. The van der Waals surface area contributed by atoms with Crippen molar-refractivity contribution in [3.63, 3.8) is 0 Å². The summed E-state index contributed by atoms with van der Waals surface area (Å²) in [5.74, 6) is 1.35. The van der Waals surface area contributed by atoms with E-state index in [2.05, 4.69) is 51.6 Å². The number of carbonyl (C=O) groups excluding carboxylic acids is 1. The Morgan fingerprint density at radius 2 is 1.82 bits per heavy atom. The molecular weight excluding hydrogens is 593 g/mol. The van der Waals surface area contributed by atoms with Gasteiger partial charge >= 0.3 is 0 Å². The van der Waals surface area contributed by atoms with Gasteiger partial charge in [0.2, 0.25) is 5.89 Å². The molecule has 0 aliphatic carbocycles. The summed E-state index contributed by atoms with van der Waals surface area (Å²) in [6.07, 6.45) is 7.99. The number of nitrogens with one attached hydrogen (secondary N) is 1. The number of halogens is 2. The summed E-state index contributed by atoms with van der Waals surface area (Å²) < 4.78 is 13.2. The van der Waals surface area contributed by atoms with Crippen molar-refractivity contribution >= 4 is 40.2 Å². The first-order chi connectivity index (χ1) is 21.1. The summed E-state index contributed by atoms with van der Waals surface area (Å²) >= 11 is 12.6. The number of likely N-dealkylation sites (N-methyl/N-ethyl adjacent to an activating group) is 1. The third-order valence-corrected chi connectivity index (χ3v) is 7.96. The molecule has 1 heterocycles. The molecule has 4 rings (SSSR count). The summed E-state index contributed by atoms with van der Waals surface area (Å²) in [6.45, 7) is 12.6. The number of ether oxygens (including phenoxy) is 1. The zero-order valence-electron chi connectivity index (χ0n) is 25.9. The number of hydrogen-bond acceptors (Lipinski definition) is 4. The number of nitrogens with zero attached hydrogens (tertiary/aromatic N) is 2. The summed E-state index contributed by atoms with van der Waals surface area (Å²) in [4.78, 5) is 17.1. The maximum atomic E-state index is 12.3. The Morgan fingerprint density at radius 1 is 1.02 bits per heavy atom. The second-order valence-corrected chi connectivity index (χ2v) is 12.5. The quantitative estimate of drug-likeness (QED) is 0.0760. The molecular formula is C36H42Cl2N3O3+. The van der Waals surface area contributed by atoms with E-state index in [1.807, 2.05) is 36.4 Å². The van der Waals surface area contributed by atoms with Gasteiger partial charge in [-0.15, -0.1) is 13.2 Å². The molecule has 6 nitrogen and oxygen atoms in total. The third-order valence-electron chi connectivity index (χ3n) is 7.42. The van der Waals surface area contributed by atoms with Crippen molar-refractivity contribution in [2.75, 3.05) is 40.3 Å². The fraction of sp³-hybridized carbons (Fsp3) is 0.333. The maximum Gasteiger partial charge on any atom is 0.275 e. The maximum absolute atomic E-state index is 12.3. The van der Waals surface area contributed by atoms with Gasteiger partial charge in [0.15, 0.2) is 12.1 Å². The van der Waals surface area contributed by atoms with Gasteiger partial charge in [-0.1, -0.05) is 54.8 Å². The average molecular weight is 636 g/mol. The number of fused-ring (bicyclic) bond motifs is 1. The topological polar surface area (TPSA) is 64.4 Å². The van der Waals surface area contributed by atoms with E-state index in [9.17, 15) is 4.79 Å². The van der Waals surface area contributed by atoms with Crippen LogP contribution in [-0.2, 0) is 17.6 Å². The minimum atomic E-state index is 0.0923. The highest BCUT2D eigenvalue weighted by Gasteiger charge is 2.20. The molecule has 1 amide bonds. The lowest BCUT2D eigenvalue weighted by Gasteiger charge is -2.29. The van der Waals surface area contributed by atoms with E-state index in [4.69, 9.17) is 37.3 Å². The molecule has 8 heteroatoms. The minimum Gasteiger partial charge on any atom is -0.493 e. The fourth-order valence-corrected chi connectivity index (χ4v) is 5.66. The van der Waals surface area contributed by atoms with Gasteiger partial charge in [0, 0.05) is 23.6 Å². The van der Waals surface area contributed by atoms with Crippen molar-refractivity contribution in [1.82, 2.24) is 10.3 Å². The number of unbranched alkanes of at least 4 members (excludes halogenated alkanes) is 1. The molecule has 3 aromatic carbocycles. The lowest BCUT2D eigenvalue weighted by atomic mass is 9.97. The van der Waals surface area contributed by atoms with Crippen molar-refractivity contribution in [3.05, 3.63) is 95.0 Å². The van der Waals surface area contributed by atoms with E-state index < -0.39 is 0 Å². The van der Waals surface area contributed by atoms with Gasteiger partial charge in [0.25, 0.3) is 5.91 Å². The van der Waals surface area contributed by atoms with Crippen LogP contribution in [0.2, 0.25) is 10.0 Å². The highest BCUT2D eigenvalue weighted by Crippen LogP contribution is 2.38. The molecule has 0 radical (unpaired) electrons. The molecule has 0 aliphatic rings. The van der Waals surface area contributed by atoms with Gasteiger partial charge in [-0.3, -0.25) is 4.79 Å². The molecule has 0 spiro atoms. The Bertz CT molecular complexity index is 1630. The Morgan fingerprint density at radius 3 is 2.55 bits per heavy atom. The highest BCUT2D eigenvalue weighted by atomic mass is 35.5. The summed E-state index contributed by atoms with van der Waals surface area (Å²) in [7, 11) is 4.16. The summed E-state index contributed by atoms with van der Waals surface area (Å²) in [6, 6.07) is 15.6. The highest BCUT2D eigenvalue weighted by molar-refractivity contribution is 6.36. The third kappa shape index (κ3) is 8.75. The van der Waals surface area contributed by atoms with Crippen LogP contribution in [0.4, 0.5) is 0 Å². The smallest absolute Gasteiger partial charge is 0.275 e. The van der Waals surface area contributed by atoms with Crippen LogP contribution < -0.4 is 10.1 Å². The number of aromatic nitrogens is 1. The Kier molecular flexibility index (Phi) is 11.7. The second-order valence-electron chi connectivity index (χ2n) is 11.7. The molecule has 1 N–H and O–H groups in total. The van der Waals surface area contributed by atoms with Crippen molar-refractivity contribution in [2.24, 2.45) is 0 Å². The SMILES string of the molecule is C=CCc1cc(-c2ccc(OCCC[N+](C)(C)CC(=O)NCCCC)c(CC=C)c2)c2oc(-c3ccc(Cl)cc3Cl)nc2c1. The molecule has 232 valence electrons. The van der Waals surface area contributed by atoms with Gasteiger partial charge in [-0.25, -0.2) is 4.98 Å². The Hall–Kier alpha value is -3.58. The van der Waals surface area contributed by atoms with E-state index in [0.717, 1.165) is 65.9 Å². The van der Waals surface area contributed by atoms with Crippen LogP contribution in [0.25, 0.3) is 33.7 Å². The Labute approximate surface area is 270 Å². The van der Waals surface area contributed by atoms with Gasteiger partial charge in [-0.2, -0.15) is 0 Å². The molecule has 0 saturated carbocycles. The van der Waals surface area contributed by atoms with Crippen molar-refractivity contribution in [1.29, 1.82) is 0 Å². The average Bonchev–Trinajstić information content (AvgIpc) is 3.39. The number of amides is 1. The summed E-state index contributed by atoms with van der Waals surface area (Å²) in [5.41, 5.74) is 6.12. The number of rotatable bonds is 16. The first-order valence-corrected chi connectivity index (χ1v) is 15.8. The normalized spacial score (nSPS) is 11.5. The molecule has 0 unspecified atom stereocenters. The molecule has 1 aromatic heterocycles. The van der Waals surface area contributed by atoms with Crippen LogP contribution in [0.15, 0.2) is 78.3 Å². The fourth-order valence-electron chi connectivity index (χ4n) is 5.17. The van der Waals surface area contributed by atoms with Crippen molar-refractivity contribution in [3.8, 4) is 28.3 Å². The number of oxazole rings is 1. The monoisotopic (exact) mass is 634 g/mol. The van der Waals surface area contributed by atoms with E-state index in [0.29, 0.717) is 57.6 Å². The van der Waals surface area contributed by atoms with Gasteiger partial charge in [-0.05, 0) is 78.4 Å². The van der Waals surface area contributed by atoms with Crippen molar-refractivity contribution < 1.29 is 18.4 Å². The van der Waals surface area contributed by atoms with Crippen LogP contribution in [0.5, 0.6) is 5.75 Å². The van der Waals surface area contributed by atoms with Gasteiger partial charge in [0.05, 0.1) is 37.8 Å². The number of hydrogen-bond donors (Lipinski definition) is 1. The van der Waals surface area contributed by atoms with E-state index in [1.165, 1.54) is 0 Å². The van der Waals surface area contributed by atoms with Crippen LogP contribution in [0.3, 0.4) is 0 Å². The molecule has 44 heavy (non-hydrogen) atoms. The molecule has 0 fully saturated rings. The molecule has 0 atom stereocenters. The zero-order chi connectivity index (χ0) is 31.7. The van der Waals surface area contributed by atoms with E-state index in [-0.39, 0.29) is 5.91 Å². The van der Waals surface area contributed by atoms with Crippen LogP contribution in [0, 0.1) is 0 Å². The first kappa shape index (κ1) is 33.3. The lowest BCUT2D eigenvalue weighted by molar-refractivity contribution is -0.882. The number of quaternary nitrogens is 1. The van der Waals surface area contributed by atoms with Crippen LogP contribution in [-0.4, -0.2) is 55.7 Å². The standard InChI is InChI=1S/C36H41Cl2N3O3/c1-6-9-17-39-34(42)24-41(4,5)18-10-19-43-33-16-13-26(22-27(33)12-8-3)30-20-25(11-7-2)21-32-35(30)44-36(40-32)29-15-14-28(37)23-31(29)38/h7-8,13-16,20-23H,2-3,6,9-12,17-19,24H2,1,4-5H3/p+1. The molecule has 4 aromatic rings. The molecule has 0 bridgehead atoms. The van der Waals surface area contributed by atoms with E-state index in [1.54, 1.807) is 12.1 Å². The predicted octanol–water partition coefficient (Wildman–Crippen LogP) is 8.69. The zero-order valence-corrected chi connectivity index (χ0v) is 27.4. The largest absolute Gasteiger partial charge is 0.493 e. The molecule has 0 aliphatic heterocycles. The van der Waals surface area contributed by atoms with Crippen molar-refractivity contribution in [2.45, 2.75) is 39.0 Å². The van der Waals surface area contributed by atoms with Gasteiger partial charge < -0.3 is 19.0 Å². The minimum absolute atomic E-state index is 0.0923. The number of benzene rings is 3. The Balaban J connectivity index is 1.55. The first-order valence-electron chi connectivity index (χ1n) is 15.1.